The van der Waals surface area contributed by atoms with Gasteiger partial charge in [0.25, 0.3) is 0 Å². The van der Waals surface area contributed by atoms with E-state index in [4.69, 9.17) is 5.73 Å². The fourth-order valence-corrected chi connectivity index (χ4v) is 3.33. The standard InChI is InChI=1S/C20H18F3N5O/c21-13-3-1-12(2-4-13)19-20(25-16-6-5-14(22)9-15(16)23)28-8-7-27(18(29)10-24)11-17(28)26-19/h1-6,9,25H,7-8,10-11,24H2. The summed E-state index contributed by atoms with van der Waals surface area (Å²) in [5.41, 5.74) is 6.63. The molecule has 1 aromatic heterocycles. The highest BCUT2D eigenvalue weighted by Crippen LogP contribution is 2.34. The van der Waals surface area contributed by atoms with Gasteiger partial charge in [0.05, 0.1) is 18.8 Å². The maximum atomic E-state index is 14.2. The molecule has 1 amide bonds. The SMILES string of the molecule is NCC(=O)N1CCn2c(nc(-c3ccc(F)cc3)c2Nc2ccc(F)cc2F)C1. The average molecular weight is 401 g/mol. The third-order valence-corrected chi connectivity index (χ3v) is 4.80. The first kappa shape index (κ1) is 19.0. The molecule has 0 bridgehead atoms. The van der Waals surface area contributed by atoms with Crippen molar-refractivity contribution >= 4 is 17.4 Å². The number of carbonyl (C=O) groups excluding carboxylic acids is 1. The van der Waals surface area contributed by atoms with Gasteiger partial charge in [0.2, 0.25) is 5.91 Å². The highest BCUT2D eigenvalue weighted by Gasteiger charge is 2.26. The van der Waals surface area contributed by atoms with Gasteiger partial charge in [-0.05, 0) is 36.4 Å². The Balaban J connectivity index is 1.78. The lowest BCUT2D eigenvalue weighted by molar-refractivity contribution is -0.131. The second kappa shape index (κ2) is 7.59. The normalized spacial score (nSPS) is 13.3. The summed E-state index contributed by atoms with van der Waals surface area (Å²) < 4.78 is 42.7. The zero-order valence-electron chi connectivity index (χ0n) is 15.3. The van der Waals surface area contributed by atoms with Crippen molar-refractivity contribution in [3.63, 3.8) is 0 Å². The van der Waals surface area contributed by atoms with Gasteiger partial charge in [0.1, 0.15) is 34.8 Å². The van der Waals surface area contributed by atoms with E-state index in [1.807, 2.05) is 4.57 Å². The minimum atomic E-state index is -0.749. The zero-order valence-corrected chi connectivity index (χ0v) is 15.3. The first-order valence-corrected chi connectivity index (χ1v) is 9.01. The molecule has 0 atom stereocenters. The number of aromatic nitrogens is 2. The third-order valence-electron chi connectivity index (χ3n) is 4.80. The highest BCUT2D eigenvalue weighted by molar-refractivity contribution is 5.79. The van der Waals surface area contributed by atoms with Crippen molar-refractivity contribution in [2.75, 3.05) is 18.4 Å². The quantitative estimate of drug-likeness (QED) is 0.705. The number of rotatable bonds is 4. The molecule has 1 aliphatic heterocycles. The number of hydrogen-bond acceptors (Lipinski definition) is 4. The van der Waals surface area contributed by atoms with E-state index in [9.17, 15) is 18.0 Å². The number of imidazole rings is 1. The molecule has 150 valence electrons. The molecular weight excluding hydrogens is 383 g/mol. The monoisotopic (exact) mass is 401 g/mol. The van der Waals surface area contributed by atoms with E-state index < -0.39 is 17.5 Å². The maximum absolute atomic E-state index is 14.2. The van der Waals surface area contributed by atoms with Crippen LogP contribution in [0.4, 0.5) is 24.7 Å². The first-order valence-electron chi connectivity index (χ1n) is 9.01. The number of benzene rings is 2. The Morgan fingerprint density at radius 1 is 1.07 bits per heavy atom. The molecule has 6 nitrogen and oxygen atoms in total. The van der Waals surface area contributed by atoms with Crippen LogP contribution in [0.25, 0.3) is 11.3 Å². The van der Waals surface area contributed by atoms with Crippen LogP contribution >= 0.6 is 0 Å². The first-order chi connectivity index (χ1) is 14.0. The summed E-state index contributed by atoms with van der Waals surface area (Å²) in [5.74, 6) is -0.947. The molecule has 3 aromatic rings. The second-order valence-electron chi connectivity index (χ2n) is 6.65. The zero-order chi connectivity index (χ0) is 20.5. The molecule has 2 aromatic carbocycles. The molecule has 2 heterocycles. The lowest BCUT2D eigenvalue weighted by Crippen LogP contribution is -2.41. The molecule has 1 aliphatic rings. The van der Waals surface area contributed by atoms with Crippen LogP contribution in [0.15, 0.2) is 42.5 Å². The Labute approximate surface area is 164 Å². The maximum Gasteiger partial charge on any atom is 0.236 e. The van der Waals surface area contributed by atoms with Crippen LogP contribution in [0.1, 0.15) is 5.82 Å². The summed E-state index contributed by atoms with van der Waals surface area (Å²) >= 11 is 0. The summed E-state index contributed by atoms with van der Waals surface area (Å²) in [7, 11) is 0. The van der Waals surface area contributed by atoms with Crippen LogP contribution in [0, 0.1) is 17.5 Å². The number of nitrogens with one attached hydrogen (secondary N) is 1. The second-order valence-corrected chi connectivity index (χ2v) is 6.65. The van der Waals surface area contributed by atoms with E-state index in [2.05, 4.69) is 10.3 Å². The molecule has 4 rings (SSSR count). The Bertz CT molecular complexity index is 1060. The lowest BCUT2D eigenvalue weighted by Gasteiger charge is -2.28. The van der Waals surface area contributed by atoms with E-state index in [1.165, 1.54) is 18.2 Å². The average Bonchev–Trinajstić information content (AvgIpc) is 3.07. The van der Waals surface area contributed by atoms with E-state index in [0.29, 0.717) is 36.0 Å². The molecule has 29 heavy (non-hydrogen) atoms. The molecule has 9 heteroatoms. The van der Waals surface area contributed by atoms with Crippen LogP contribution in [0.3, 0.4) is 0 Å². The topological polar surface area (TPSA) is 76.2 Å². The van der Waals surface area contributed by atoms with Gasteiger partial charge in [-0.3, -0.25) is 4.79 Å². The summed E-state index contributed by atoms with van der Waals surface area (Å²) in [4.78, 5) is 18.2. The van der Waals surface area contributed by atoms with E-state index in [-0.39, 0.29) is 24.7 Å². The summed E-state index contributed by atoms with van der Waals surface area (Å²) in [6.07, 6.45) is 0. The molecule has 0 aliphatic carbocycles. The van der Waals surface area contributed by atoms with Crippen molar-refractivity contribution in [1.82, 2.24) is 14.5 Å². The Morgan fingerprint density at radius 2 is 1.79 bits per heavy atom. The lowest BCUT2D eigenvalue weighted by atomic mass is 10.1. The van der Waals surface area contributed by atoms with Crippen LogP contribution in [-0.2, 0) is 17.9 Å². The van der Waals surface area contributed by atoms with Gasteiger partial charge in [0, 0.05) is 24.7 Å². The van der Waals surface area contributed by atoms with Gasteiger partial charge < -0.3 is 20.5 Å². The third kappa shape index (κ3) is 3.68. The van der Waals surface area contributed by atoms with E-state index in [1.54, 1.807) is 17.0 Å². The minimum Gasteiger partial charge on any atom is -0.337 e. The predicted octanol–water partition coefficient (Wildman–Crippen LogP) is 3.01. The number of carbonyl (C=O) groups is 1. The molecule has 0 radical (unpaired) electrons. The Hall–Kier alpha value is -3.33. The van der Waals surface area contributed by atoms with Crippen molar-refractivity contribution in [3.8, 4) is 11.3 Å². The van der Waals surface area contributed by atoms with Gasteiger partial charge in [-0.15, -0.1) is 0 Å². The van der Waals surface area contributed by atoms with Crippen molar-refractivity contribution in [2.45, 2.75) is 13.1 Å². The molecule has 0 saturated heterocycles. The van der Waals surface area contributed by atoms with Crippen molar-refractivity contribution in [3.05, 3.63) is 65.7 Å². The van der Waals surface area contributed by atoms with Crippen LogP contribution in [0.2, 0.25) is 0 Å². The number of nitrogens with zero attached hydrogens (tertiary/aromatic N) is 3. The molecule has 0 fully saturated rings. The molecule has 3 N–H and O–H groups in total. The largest absolute Gasteiger partial charge is 0.337 e. The summed E-state index contributed by atoms with van der Waals surface area (Å²) in [6, 6.07) is 8.98. The number of amides is 1. The number of anilines is 2. The summed E-state index contributed by atoms with van der Waals surface area (Å²) in [6.45, 7) is 0.985. The van der Waals surface area contributed by atoms with Gasteiger partial charge >= 0.3 is 0 Å². The molecular formula is C20H18F3N5O. The fourth-order valence-electron chi connectivity index (χ4n) is 3.33. The van der Waals surface area contributed by atoms with Gasteiger partial charge in [0.15, 0.2) is 0 Å². The van der Waals surface area contributed by atoms with Crippen molar-refractivity contribution in [2.24, 2.45) is 5.73 Å². The number of hydrogen-bond donors (Lipinski definition) is 2. The highest BCUT2D eigenvalue weighted by atomic mass is 19.1. The number of fused-ring (bicyclic) bond motifs is 1. The van der Waals surface area contributed by atoms with Crippen molar-refractivity contribution < 1.29 is 18.0 Å². The predicted molar refractivity (Wildman–Crippen MR) is 102 cm³/mol. The molecule has 0 saturated carbocycles. The van der Waals surface area contributed by atoms with Crippen LogP contribution in [-0.4, -0.2) is 33.4 Å². The van der Waals surface area contributed by atoms with E-state index >= 15 is 0 Å². The van der Waals surface area contributed by atoms with Crippen molar-refractivity contribution in [1.29, 1.82) is 0 Å². The smallest absolute Gasteiger partial charge is 0.236 e. The van der Waals surface area contributed by atoms with Gasteiger partial charge in [-0.2, -0.15) is 0 Å². The Kier molecular flexibility index (Phi) is 4.98. The van der Waals surface area contributed by atoms with Gasteiger partial charge in [-0.25, -0.2) is 18.2 Å². The van der Waals surface area contributed by atoms with Gasteiger partial charge in [-0.1, -0.05) is 0 Å². The van der Waals surface area contributed by atoms with E-state index in [0.717, 1.165) is 12.1 Å². The summed E-state index contributed by atoms with van der Waals surface area (Å²) in [5, 5.41) is 2.98. The van der Waals surface area contributed by atoms with Crippen LogP contribution in [0.5, 0.6) is 0 Å². The Morgan fingerprint density at radius 3 is 2.48 bits per heavy atom. The fraction of sp³-hybridized carbons (Fsp3) is 0.200. The molecule has 0 spiro atoms. The number of nitrogens with two attached hydrogens (primary N) is 1. The van der Waals surface area contributed by atoms with Crippen LogP contribution < -0.4 is 11.1 Å². The molecule has 0 unspecified atom stereocenters. The number of halogens is 3. The minimum absolute atomic E-state index is 0.0814.